The van der Waals surface area contributed by atoms with Crippen molar-refractivity contribution in [2.45, 2.75) is 6.92 Å². The molecule has 0 bridgehead atoms. The number of phenols is 4. The van der Waals surface area contributed by atoms with E-state index in [4.69, 9.17) is 4.74 Å². The van der Waals surface area contributed by atoms with Crippen molar-refractivity contribution in [3.63, 3.8) is 0 Å². The van der Waals surface area contributed by atoms with Gasteiger partial charge < -0.3 is 25.2 Å². The number of esters is 1. The van der Waals surface area contributed by atoms with Gasteiger partial charge >= 0.3 is 5.97 Å². The molecule has 2 aromatic carbocycles. The van der Waals surface area contributed by atoms with Crippen molar-refractivity contribution in [3.05, 3.63) is 47.0 Å². The Bertz CT molecular complexity index is 741. The molecule has 0 saturated heterocycles. The highest BCUT2D eigenvalue weighted by molar-refractivity contribution is 5.96. The molecule has 0 aliphatic carbocycles. The molecule has 0 aromatic heterocycles. The van der Waals surface area contributed by atoms with Crippen LogP contribution in [0.5, 0.6) is 23.0 Å². The quantitative estimate of drug-likeness (QED) is 0.510. The molecule has 0 aliphatic heterocycles. The molecule has 0 amide bonds. The lowest BCUT2D eigenvalue weighted by molar-refractivity contribution is 0.0519. The molecule has 0 aliphatic rings. The number of carbonyl (C=O) groups excluding carboxylic acids is 1. The lowest BCUT2D eigenvalue weighted by Gasteiger charge is -2.08. The summed E-state index contributed by atoms with van der Waals surface area (Å²) in [6.45, 7) is 1.74. The summed E-state index contributed by atoms with van der Waals surface area (Å²) in [6, 6.07) is 6.70. The van der Waals surface area contributed by atoms with E-state index >= 15 is 0 Å². The lowest BCUT2D eigenvalue weighted by atomic mass is 10.1. The van der Waals surface area contributed by atoms with Gasteiger partial charge in [0.2, 0.25) is 0 Å². The number of rotatable bonds is 4. The fraction of sp³-hybridized carbons (Fsp3) is 0.118. The molecule has 0 radical (unpaired) electrons. The molecule has 2 rings (SSSR count). The number of ether oxygens (including phenoxy) is 1. The van der Waals surface area contributed by atoms with Gasteiger partial charge in [-0.05, 0) is 36.8 Å². The molecule has 0 spiro atoms. The van der Waals surface area contributed by atoms with Crippen LogP contribution in [-0.2, 0) is 4.74 Å². The maximum atomic E-state index is 11.6. The smallest absolute Gasteiger partial charge is 0.345 e. The van der Waals surface area contributed by atoms with Crippen LogP contribution < -0.4 is 0 Å². The molecule has 0 atom stereocenters. The van der Waals surface area contributed by atoms with E-state index in [1.807, 2.05) is 0 Å². The summed E-state index contributed by atoms with van der Waals surface area (Å²) in [5.41, 5.74) is 0.563. The average Bonchev–Trinajstić information content (AvgIpc) is 2.46. The molecule has 0 unspecified atom stereocenters. The van der Waals surface area contributed by atoms with Crippen molar-refractivity contribution in [1.29, 1.82) is 0 Å². The van der Waals surface area contributed by atoms with E-state index in [0.29, 0.717) is 11.1 Å². The number of hydrogen-bond acceptors (Lipinski definition) is 6. The molecule has 0 heterocycles. The first kappa shape index (κ1) is 16.2. The van der Waals surface area contributed by atoms with Gasteiger partial charge in [-0.2, -0.15) is 0 Å². The third kappa shape index (κ3) is 3.74. The number of aromatic hydroxyl groups is 4. The molecule has 120 valence electrons. The van der Waals surface area contributed by atoms with Crippen LogP contribution >= 0.6 is 0 Å². The molecule has 0 saturated carbocycles. The van der Waals surface area contributed by atoms with Crippen LogP contribution in [0.3, 0.4) is 0 Å². The van der Waals surface area contributed by atoms with E-state index < -0.39 is 17.5 Å². The van der Waals surface area contributed by atoms with Crippen LogP contribution in [0.15, 0.2) is 30.3 Å². The Morgan fingerprint density at radius 1 is 1.00 bits per heavy atom. The van der Waals surface area contributed by atoms with Gasteiger partial charge in [-0.25, -0.2) is 4.79 Å². The normalized spacial score (nSPS) is 10.8. The van der Waals surface area contributed by atoms with Crippen molar-refractivity contribution >= 4 is 18.1 Å². The Labute approximate surface area is 132 Å². The van der Waals surface area contributed by atoms with Gasteiger partial charge in [0.15, 0.2) is 0 Å². The zero-order valence-corrected chi connectivity index (χ0v) is 12.4. The van der Waals surface area contributed by atoms with Crippen LogP contribution in [0.1, 0.15) is 28.4 Å². The van der Waals surface area contributed by atoms with E-state index in [9.17, 15) is 25.2 Å². The largest absolute Gasteiger partial charge is 0.508 e. The van der Waals surface area contributed by atoms with Gasteiger partial charge in [0.25, 0.3) is 0 Å². The van der Waals surface area contributed by atoms with E-state index in [1.165, 1.54) is 42.5 Å². The van der Waals surface area contributed by atoms with Crippen LogP contribution in [0.2, 0.25) is 0 Å². The number of hydrogen-bond donors (Lipinski definition) is 4. The Morgan fingerprint density at radius 2 is 1.65 bits per heavy atom. The monoisotopic (exact) mass is 316 g/mol. The standard InChI is InChI=1S/C17H16O6/c1-2-23-17(22)16-14(20)7-10(8-15(16)21)3-4-11-5-6-12(18)9-13(11)19/h3-9,18-21H,2H2,1H3/b4-3+. The fourth-order valence-electron chi connectivity index (χ4n) is 2.00. The second kappa shape index (κ2) is 6.74. The van der Waals surface area contributed by atoms with Crippen molar-refractivity contribution < 1.29 is 30.0 Å². The number of phenolic OH excluding ortho intramolecular Hbond substituents is 4. The Hall–Kier alpha value is -3.15. The van der Waals surface area contributed by atoms with Crippen LogP contribution in [-0.4, -0.2) is 33.0 Å². The maximum Gasteiger partial charge on any atom is 0.345 e. The minimum atomic E-state index is -0.811. The summed E-state index contributed by atoms with van der Waals surface area (Å²) in [6.07, 6.45) is 3.06. The predicted octanol–water partition coefficient (Wildman–Crippen LogP) is 2.86. The lowest BCUT2D eigenvalue weighted by Crippen LogP contribution is -2.05. The van der Waals surface area contributed by atoms with Crippen LogP contribution in [0.25, 0.3) is 12.2 Å². The summed E-state index contributed by atoms with van der Waals surface area (Å²) >= 11 is 0. The Balaban J connectivity index is 2.31. The summed E-state index contributed by atoms with van der Waals surface area (Å²) in [7, 11) is 0. The van der Waals surface area contributed by atoms with Gasteiger partial charge in [0.05, 0.1) is 6.61 Å². The molecule has 23 heavy (non-hydrogen) atoms. The van der Waals surface area contributed by atoms with Gasteiger partial charge in [-0.3, -0.25) is 0 Å². The molecular formula is C17H16O6. The highest BCUT2D eigenvalue weighted by atomic mass is 16.5. The number of benzene rings is 2. The first-order valence-corrected chi connectivity index (χ1v) is 6.85. The van der Waals surface area contributed by atoms with Crippen molar-refractivity contribution in [2.24, 2.45) is 0 Å². The molecule has 6 heteroatoms. The second-order valence-corrected chi connectivity index (χ2v) is 4.73. The van der Waals surface area contributed by atoms with E-state index in [-0.39, 0.29) is 23.7 Å². The summed E-state index contributed by atoms with van der Waals surface area (Å²) in [5, 5.41) is 38.7. The molecule has 2 aromatic rings. The van der Waals surface area contributed by atoms with E-state index in [2.05, 4.69) is 0 Å². The van der Waals surface area contributed by atoms with Crippen molar-refractivity contribution in [3.8, 4) is 23.0 Å². The maximum absolute atomic E-state index is 11.6. The summed E-state index contributed by atoms with van der Waals surface area (Å²) < 4.78 is 4.75. The van der Waals surface area contributed by atoms with Gasteiger partial charge in [-0.15, -0.1) is 0 Å². The van der Waals surface area contributed by atoms with Gasteiger partial charge in [0, 0.05) is 11.6 Å². The predicted molar refractivity (Wildman–Crippen MR) is 84.4 cm³/mol. The van der Waals surface area contributed by atoms with Crippen LogP contribution in [0, 0.1) is 0 Å². The minimum absolute atomic E-state index is 0.0614. The Kier molecular flexibility index (Phi) is 4.75. The average molecular weight is 316 g/mol. The van der Waals surface area contributed by atoms with E-state index in [0.717, 1.165) is 0 Å². The third-order valence-electron chi connectivity index (χ3n) is 3.07. The van der Waals surface area contributed by atoms with Crippen LogP contribution in [0.4, 0.5) is 0 Å². The minimum Gasteiger partial charge on any atom is -0.508 e. The second-order valence-electron chi connectivity index (χ2n) is 4.73. The topological polar surface area (TPSA) is 107 Å². The zero-order chi connectivity index (χ0) is 17.0. The van der Waals surface area contributed by atoms with Crippen molar-refractivity contribution in [1.82, 2.24) is 0 Å². The first-order chi connectivity index (χ1) is 10.9. The highest BCUT2D eigenvalue weighted by Gasteiger charge is 2.18. The molecule has 0 fully saturated rings. The third-order valence-corrected chi connectivity index (χ3v) is 3.07. The van der Waals surface area contributed by atoms with Crippen molar-refractivity contribution in [2.75, 3.05) is 6.61 Å². The SMILES string of the molecule is CCOC(=O)c1c(O)cc(/C=C/c2ccc(O)cc2O)cc1O. The first-order valence-electron chi connectivity index (χ1n) is 6.85. The summed E-state index contributed by atoms with van der Waals surface area (Å²) in [4.78, 5) is 11.6. The molecule has 6 nitrogen and oxygen atoms in total. The molecular weight excluding hydrogens is 300 g/mol. The number of carbonyl (C=O) groups is 1. The Morgan fingerprint density at radius 3 is 2.22 bits per heavy atom. The van der Waals surface area contributed by atoms with Gasteiger partial charge in [0.1, 0.15) is 28.6 Å². The summed E-state index contributed by atoms with van der Waals surface area (Å²) in [5.74, 6) is -1.79. The highest BCUT2D eigenvalue weighted by Crippen LogP contribution is 2.31. The fourth-order valence-corrected chi connectivity index (χ4v) is 2.00. The zero-order valence-electron chi connectivity index (χ0n) is 12.4. The molecule has 4 N–H and O–H groups in total. The van der Waals surface area contributed by atoms with Gasteiger partial charge in [-0.1, -0.05) is 12.2 Å². The van der Waals surface area contributed by atoms with E-state index in [1.54, 1.807) is 6.92 Å².